The van der Waals surface area contributed by atoms with E-state index in [9.17, 15) is 35.1 Å². The zero-order valence-electron chi connectivity index (χ0n) is 10.8. The molecule has 1 nitrogen and oxygen atoms in total. The van der Waals surface area contributed by atoms with Crippen molar-refractivity contribution in [2.75, 3.05) is 0 Å². The summed E-state index contributed by atoms with van der Waals surface area (Å²) in [6, 6.07) is 0. The first kappa shape index (κ1) is 19.4. The molecule has 1 atom stereocenters. The van der Waals surface area contributed by atoms with Crippen LogP contribution >= 0.6 is 0 Å². The van der Waals surface area contributed by atoms with E-state index >= 15 is 0 Å². The molecule has 0 aromatic heterocycles. The molecule has 20 heavy (non-hydrogen) atoms. The first-order valence-electron chi connectivity index (χ1n) is 6.11. The quantitative estimate of drug-likeness (QED) is 0.388. The van der Waals surface area contributed by atoms with E-state index in [1.165, 1.54) is 0 Å². The Kier molecular flexibility index (Phi) is 6.25. The van der Waals surface area contributed by atoms with Crippen molar-refractivity contribution in [1.29, 1.82) is 0 Å². The first-order valence-corrected chi connectivity index (χ1v) is 6.11. The maximum Gasteiger partial charge on any atom is 0.460 e. The predicted molar refractivity (Wildman–Crippen MR) is 57.4 cm³/mol. The molecular weight excluding hydrogens is 298 g/mol. The van der Waals surface area contributed by atoms with Crippen LogP contribution in [0.1, 0.15) is 45.4 Å². The minimum atomic E-state index is -6.57. The van der Waals surface area contributed by atoms with Gasteiger partial charge in [0.25, 0.3) is 0 Å². The zero-order valence-corrected chi connectivity index (χ0v) is 10.8. The summed E-state index contributed by atoms with van der Waals surface area (Å²) in [4.78, 5) is 0. The van der Waals surface area contributed by atoms with Gasteiger partial charge < -0.3 is 0 Å². The number of rotatable bonds is 8. The van der Waals surface area contributed by atoms with E-state index in [4.69, 9.17) is 0 Å². The highest BCUT2D eigenvalue weighted by Crippen LogP contribution is 2.52. The van der Waals surface area contributed by atoms with E-state index in [1.54, 1.807) is 0 Å². The number of hydrogen-bond donors (Lipinski definition) is 1. The summed E-state index contributed by atoms with van der Waals surface area (Å²) in [5, 5.41) is 0. The summed E-state index contributed by atoms with van der Waals surface area (Å²) in [5.41, 5.74) is 4.40. The molecule has 0 fully saturated rings. The molecule has 0 saturated heterocycles. The smallest absolute Gasteiger partial charge is 0.294 e. The van der Waals surface area contributed by atoms with Crippen LogP contribution < -0.4 is 5.73 Å². The number of hydrogen-bond acceptors (Lipinski definition) is 1. The fraction of sp³-hybridized carbons (Fsp3) is 1.00. The van der Waals surface area contributed by atoms with Crippen LogP contribution in [-0.4, -0.2) is 23.8 Å². The molecule has 0 aliphatic rings. The van der Waals surface area contributed by atoms with Crippen LogP contribution in [0.5, 0.6) is 0 Å². The highest BCUT2D eigenvalue weighted by atomic mass is 19.4. The van der Waals surface area contributed by atoms with E-state index < -0.39 is 30.2 Å². The van der Waals surface area contributed by atoms with Crippen LogP contribution in [0.15, 0.2) is 0 Å². The second-order valence-electron chi connectivity index (χ2n) is 4.67. The van der Waals surface area contributed by atoms with Gasteiger partial charge in [0, 0.05) is 6.42 Å². The summed E-state index contributed by atoms with van der Waals surface area (Å²) in [7, 11) is 0. The van der Waals surface area contributed by atoms with Crippen LogP contribution in [0.25, 0.3) is 0 Å². The van der Waals surface area contributed by atoms with Crippen LogP contribution in [0.4, 0.5) is 35.1 Å². The molecule has 0 amide bonds. The monoisotopic (exact) mass is 315 g/mol. The minimum Gasteiger partial charge on any atom is -0.294 e. The lowest BCUT2D eigenvalue weighted by molar-refractivity contribution is -0.380. The van der Waals surface area contributed by atoms with Gasteiger partial charge in [-0.15, -0.1) is 0 Å². The van der Waals surface area contributed by atoms with Crippen molar-refractivity contribution in [1.82, 2.24) is 0 Å². The summed E-state index contributed by atoms with van der Waals surface area (Å²) < 4.78 is 101. The van der Waals surface area contributed by atoms with Crippen molar-refractivity contribution in [2.45, 2.75) is 69.3 Å². The second-order valence-corrected chi connectivity index (χ2v) is 4.67. The molecule has 2 N–H and O–H groups in total. The summed E-state index contributed by atoms with van der Waals surface area (Å²) in [5.74, 6) is -17.0. The Bertz CT molecular complexity index is 297. The molecule has 122 valence electrons. The van der Waals surface area contributed by atoms with Crippen molar-refractivity contribution >= 4 is 0 Å². The Balaban J connectivity index is 4.81. The topological polar surface area (TPSA) is 26.0 Å². The molecule has 0 rings (SSSR count). The van der Waals surface area contributed by atoms with Crippen molar-refractivity contribution in [3.63, 3.8) is 0 Å². The Hall–Kier alpha value is -0.600. The molecule has 0 saturated carbocycles. The summed E-state index contributed by atoms with van der Waals surface area (Å²) in [6.07, 6.45) is -5.86. The Morgan fingerprint density at radius 3 is 1.55 bits per heavy atom. The SMILES string of the molecule is CCCCCCCC(N)(F)C(F)(F)C(F)(F)C(F)(F)F. The maximum atomic E-state index is 13.5. The molecule has 0 bridgehead atoms. The molecule has 0 aromatic carbocycles. The minimum absolute atomic E-state index is 0.227. The van der Waals surface area contributed by atoms with Gasteiger partial charge in [0.05, 0.1) is 0 Å². The standard InChI is InChI=1S/C11H17F8N/c1-2-3-4-5-6-7-8(12,20)9(13,14)10(15,16)11(17,18)19/h2-7,20H2,1H3. The van der Waals surface area contributed by atoms with Gasteiger partial charge in [0.15, 0.2) is 0 Å². The van der Waals surface area contributed by atoms with Gasteiger partial charge in [-0.2, -0.15) is 30.7 Å². The first-order chi connectivity index (χ1) is 8.81. The molecule has 0 aliphatic heterocycles. The van der Waals surface area contributed by atoms with Crippen molar-refractivity contribution in [2.24, 2.45) is 5.73 Å². The summed E-state index contributed by atoms with van der Waals surface area (Å²) in [6.45, 7) is 1.85. The maximum absolute atomic E-state index is 13.5. The van der Waals surface area contributed by atoms with Gasteiger partial charge in [-0.1, -0.05) is 32.6 Å². The average molecular weight is 315 g/mol. The van der Waals surface area contributed by atoms with Gasteiger partial charge in [-0.05, 0) is 6.42 Å². The largest absolute Gasteiger partial charge is 0.460 e. The average Bonchev–Trinajstić information content (AvgIpc) is 2.26. The van der Waals surface area contributed by atoms with Gasteiger partial charge in [-0.25, -0.2) is 4.39 Å². The molecule has 0 aliphatic carbocycles. The molecular formula is C11H17F8N. The second kappa shape index (κ2) is 6.44. The highest BCUT2D eigenvalue weighted by molar-refractivity contribution is 5.02. The third-order valence-electron chi connectivity index (χ3n) is 2.92. The van der Waals surface area contributed by atoms with Crippen molar-refractivity contribution in [3.8, 4) is 0 Å². The molecule has 0 radical (unpaired) electrons. The van der Waals surface area contributed by atoms with Crippen LogP contribution in [0.2, 0.25) is 0 Å². The van der Waals surface area contributed by atoms with Gasteiger partial charge >= 0.3 is 18.0 Å². The Labute approximate surface area is 111 Å². The molecule has 9 heteroatoms. The molecule has 1 unspecified atom stereocenters. The number of halogens is 8. The lowest BCUT2D eigenvalue weighted by Gasteiger charge is -2.36. The molecule has 0 aromatic rings. The van der Waals surface area contributed by atoms with Gasteiger partial charge in [-0.3, -0.25) is 5.73 Å². The number of alkyl halides is 8. The lowest BCUT2D eigenvalue weighted by atomic mass is 9.95. The van der Waals surface area contributed by atoms with E-state index in [1.807, 2.05) is 6.92 Å². The normalized spacial score (nSPS) is 17.1. The van der Waals surface area contributed by atoms with Crippen LogP contribution in [0, 0.1) is 0 Å². The lowest BCUT2D eigenvalue weighted by Crippen LogP contribution is -2.66. The Morgan fingerprint density at radius 2 is 1.15 bits per heavy atom. The molecule has 0 spiro atoms. The van der Waals surface area contributed by atoms with E-state index in [2.05, 4.69) is 5.73 Å². The summed E-state index contributed by atoms with van der Waals surface area (Å²) >= 11 is 0. The van der Waals surface area contributed by atoms with Gasteiger partial charge in [0.1, 0.15) is 0 Å². The van der Waals surface area contributed by atoms with Crippen LogP contribution in [-0.2, 0) is 0 Å². The van der Waals surface area contributed by atoms with E-state index in [-0.39, 0.29) is 12.8 Å². The number of nitrogens with two attached hydrogens (primary N) is 1. The Morgan fingerprint density at radius 1 is 0.700 bits per heavy atom. The van der Waals surface area contributed by atoms with Crippen molar-refractivity contribution < 1.29 is 35.1 Å². The third-order valence-corrected chi connectivity index (χ3v) is 2.92. The molecule has 0 heterocycles. The fourth-order valence-electron chi connectivity index (χ4n) is 1.58. The number of unbranched alkanes of at least 4 members (excludes halogenated alkanes) is 4. The fourth-order valence-corrected chi connectivity index (χ4v) is 1.58. The van der Waals surface area contributed by atoms with Gasteiger partial charge in [0.2, 0.25) is 5.79 Å². The van der Waals surface area contributed by atoms with Crippen molar-refractivity contribution in [3.05, 3.63) is 0 Å². The highest BCUT2D eigenvalue weighted by Gasteiger charge is 2.79. The van der Waals surface area contributed by atoms with E-state index in [0.717, 1.165) is 12.8 Å². The predicted octanol–water partition coefficient (Wildman–Crippen LogP) is 4.80. The zero-order chi connectivity index (χ0) is 16.2. The van der Waals surface area contributed by atoms with Crippen LogP contribution in [0.3, 0.4) is 0 Å². The third kappa shape index (κ3) is 3.95. The van der Waals surface area contributed by atoms with E-state index in [0.29, 0.717) is 6.42 Å².